The molecule has 13 heavy (non-hydrogen) atoms. The highest BCUT2D eigenvalue weighted by Crippen LogP contribution is 2.31. The molecule has 0 saturated heterocycles. The van der Waals surface area contributed by atoms with Crippen LogP contribution < -0.4 is 0 Å². The standard InChI is InChI=1S/C11H11FO/c12-10-3-1-2-8(6-10)9-4-5-11(13)7-9/h1-3,6,9H,4-5,7H2. The number of Topliss-reactive ketones (excluding diaryl/α,β-unsaturated/α-hetero) is 1. The molecule has 1 saturated carbocycles. The Morgan fingerprint density at radius 3 is 2.85 bits per heavy atom. The second-order valence-corrected chi connectivity index (χ2v) is 3.53. The number of benzene rings is 1. The van der Waals surface area contributed by atoms with Crippen LogP contribution in [0.15, 0.2) is 24.3 Å². The van der Waals surface area contributed by atoms with Gasteiger partial charge in [-0.3, -0.25) is 4.79 Å². The van der Waals surface area contributed by atoms with Crippen molar-refractivity contribution < 1.29 is 9.18 Å². The van der Waals surface area contributed by atoms with Gasteiger partial charge in [0.15, 0.2) is 0 Å². The summed E-state index contributed by atoms with van der Waals surface area (Å²) in [6.07, 6.45) is 2.12. The average molecular weight is 178 g/mol. The third-order valence-electron chi connectivity index (χ3n) is 2.57. The largest absolute Gasteiger partial charge is 0.300 e. The molecule has 0 radical (unpaired) electrons. The number of rotatable bonds is 1. The van der Waals surface area contributed by atoms with E-state index in [4.69, 9.17) is 0 Å². The first-order chi connectivity index (χ1) is 6.25. The summed E-state index contributed by atoms with van der Waals surface area (Å²) < 4.78 is 12.8. The number of hydrogen-bond acceptors (Lipinski definition) is 1. The van der Waals surface area contributed by atoms with Gasteiger partial charge in [-0.2, -0.15) is 0 Å². The van der Waals surface area contributed by atoms with Crippen molar-refractivity contribution in [1.29, 1.82) is 0 Å². The molecule has 0 aliphatic heterocycles. The van der Waals surface area contributed by atoms with Gasteiger partial charge in [0, 0.05) is 12.8 Å². The lowest BCUT2D eigenvalue weighted by atomic mass is 9.98. The lowest BCUT2D eigenvalue weighted by Gasteiger charge is -2.07. The van der Waals surface area contributed by atoms with Crippen molar-refractivity contribution in [1.82, 2.24) is 0 Å². The molecule has 0 N–H and O–H groups in total. The predicted octanol–water partition coefficient (Wildman–Crippen LogP) is 2.66. The van der Waals surface area contributed by atoms with E-state index in [9.17, 15) is 9.18 Å². The van der Waals surface area contributed by atoms with Crippen LogP contribution in [-0.4, -0.2) is 5.78 Å². The Bertz CT molecular complexity index is 333. The molecule has 1 atom stereocenters. The third-order valence-corrected chi connectivity index (χ3v) is 2.57. The molecule has 68 valence electrons. The Morgan fingerprint density at radius 1 is 1.38 bits per heavy atom. The van der Waals surface area contributed by atoms with Gasteiger partial charge >= 0.3 is 0 Å². The normalized spacial score (nSPS) is 22.2. The van der Waals surface area contributed by atoms with Crippen LogP contribution >= 0.6 is 0 Å². The van der Waals surface area contributed by atoms with E-state index < -0.39 is 0 Å². The first-order valence-electron chi connectivity index (χ1n) is 4.53. The Labute approximate surface area is 76.6 Å². The van der Waals surface area contributed by atoms with E-state index in [2.05, 4.69) is 0 Å². The van der Waals surface area contributed by atoms with Crippen molar-refractivity contribution in [3.05, 3.63) is 35.6 Å². The molecule has 2 heteroatoms. The summed E-state index contributed by atoms with van der Waals surface area (Å²) >= 11 is 0. The predicted molar refractivity (Wildman–Crippen MR) is 48.0 cm³/mol. The van der Waals surface area contributed by atoms with Gasteiger partial charge in [-0.1, -0.05) is 12.1 Å². The van der Waals surface area contributed by atoms with Crippen molar-refractivity contribution >= 4 is 5.78 Å². The quantitative estimate of drug-likeness (QED) is 0.646. The molecule has 1 aromatic carbocycles. The fourth-order valence-corrected chi connectivity index (χ4v) is 1.86. The minimum absolute atomic E-state index is 0.211. The summed E-state index contributed by atoms with van der Waals surface area (Å²) in [5.41, 5.74) is 0.964. The molecule has 1 aliphatic carbocycles. The maximum Gasteiger partial charge on any atom is 0.133 e. The number of carbonyl (C=O) groups is 1. The molecule has 0 amide bonds. The number of carbonyl (C=O) groups excluding carboxylic acids is 1. The van der Waals surface area contributed by atoms with E-state index in [1.54, 1.807) is 6.07 Å². The van der Waals surface area contributed by atoms with Crippen LogP contribution in [0.25, 0.3) is 0 Å². The second kappa shape index (κ2) is 3.29. The first-order valence-corrected chi connectivity index (χ1v) is 4.53. The number of hydrogen-bond donors (Lipinski definition) is 0. The molecule has 0 aromatic heterocycles. The van der Waals surface area contributed by atoms with Gasteiger partial charge in [0.1, 0.15) is 11.6 Å². The van der Waals surface area contributed by atoms with Crippen LogP contribution in [0, 0.1) is 5.82 Å². The SMILES string of the molecule is O=C1CCC(c2cccc(F)c2)C1. The fourth-order valence-electron chi connectivity index (χ4n) is 1.86. The maximum absolute atomic E-state index is 12.8. The minimum atomic E-state index is -0.211. The zero-order valence-electron chi connectivity index (χ0n) is 7.29. The van der Waals surface area contributed by atoms with Gasteiger partial charge in [0.2, 0.25) is 0 Å². The zero-order chi connectivity index (χ0) is 9.26. The van der Waals surface area contributed by atoms with Crippen molar-refractivity contribution in [2.24, 2.45) is 0 Å². The monoisotopic (exact) mass is 178 g/mol. The van der Waals surface area contributed by atoms with E-state index >= 15 is 0 Å². The van der Waals surface area contributed by atoms with Crippen LogP contribution in [0.1, 0.15) is 30.7 Å². The zero-order valence-corrected chi connectivity index (χ0v) is 7.29. The Morgan fingerprint density at radius 2 is 2.23 bits per heavy atom. The Kier molecular flexibility index (Phi) is 2.13. The van der Waals surface area contributed by atoms with Gasteiger partial charge in [-0.25, -0.2) is 4.39 Å². The van der Waals surface area contributed by atoms with E-state index in [0.29, 0.717) is 18.6 Å². The average Bonchev–Trinajstić information content (AvgIpc) is 2.52. The second-order valence-electron chi connectivity index (χ2n) is 3.53. The van der Waals surface area contributed by atoms with Crippen LogP contribution in [0.4, 0.5) is 4.39 Å². The summed E-state index contributed by atoms with van der Waals surface area (Å²) in [7, 11) is 0. The van der Waals surface area contributed by atoms with Crippen molar-refractivity contribution in [3.63, 3.8) is 0 Å². The van der Waals surface area contributed by atoms with Gasteiger partial charge in [-0.15, -0.1) is 0 Å². The molecular weight excluding hydrogens is 167 g/mol. The molecule has 1 nitrogen and oxygen atoms in total. The smallest absolute Gasteiger partial charge is 0.133 e. The van der Waals surface area contributed by atoms with E-state index in [-0.39, 0.29) is 11.7 Å². The highest BCUT2D eigenvalue weighted by atomic mass is 19.1. The fraction of sp³-hybridized carbons (Fsp3) is 0.364. The van der Waals surface area contributed by atoms with E-state index in [0.717, 1.165) is 12.0 Å². The van der Waals surface area contributed by atoms with E-state index in [1.807, 2.05) is 6.07 Å². The minimum Gasteiger partial charge on any atom is -0.300 e. The van der Waals surface area contributed by atoms with E-state index in [1.165, 1.54) is 12.1 Å². The van der Waals surface area contributed by atoms with Crippen molar-refractivity contribution in [3.8, 4) is 0 Å². The highest BCUT2D eigenvalue weighted by Gasteiger charge is 2.23. The lowest BCUT2D eigenvalue weighted by molar-refractivity contribution is -0.117. The Balaban J connectivity index is 2.21. The van der Waals surface area contributed by atoms with Gasteiger partial charge in [-0.05, 0) is 30.0 Å². The van der Waals surface area contributed by atoms with Crippen LogP contribution in [0.2, 0.25) is 0 Å². The topological polar surface area (TPSA) is 17.1 Å². The molecular formula is C11H11FO. The summed E-state index contributed by atoms with van der Waals surface area (Å²) in [6, 6.07) is 6.56. The lowest BCUT2D eigenvalue weighted by Crippen LogP contribution is -1.94. The van der Waals surface area contributed by atoms with Crippen LogP contribution in [0.3, 0.4) is 0 Å². The summed E-state index contributed by atoms with van der Waals surface area (Å²) in [6.45, 7) is 0. The molecule has 1 aliphatic rings. The number of ketones is 1. The molecule has 2 rings (SSSR count). The molecule has 1 aromatic rings. The number of halogens is 1. The molecule has 0 bridgehead atoms. The maximum atomic E-state index is 12.8. The molecule has 0 heterocycles. The van der Waals surface area contributed by atoms with Crippen LogP contribution in [0.5, 0.6) is 0 Å². The van der Waals surface area contributed by atoms with Crippen LogP contribution in [-0.2, 0) is 4.79 Å². The van der Waals surface area contributed by atoms with Crippen molar-refractivity contribution in [2.75, 3.05) is 0 Å². The molecule has 1 fully saturated rings. The van der Waals surface area contributed by atoms with Crippen molar-refractivity contribution in [2.45, 2.75) is 25.2 Å². The van der Waals surface area contributed by atoms with Gasteiger partial charge in [0.25, 0.3) is 0 Å². The highest BCUT2D eigenvalue weighted by molar-refractivity contribution is 5.81. The Hall–Kier alpha value is -1.18. The third kappa shape index (κ3) is 1.77. The summed E-state index contributed by atoms with van der Waals surface area (Å²) in [5, 5.41) is 0. The molecule has 1 unspecified atom stereocenters. The summed E-state index contributed by atoms with van der Waals surface area (Å²) in [4.78, 5) is 11.0. The van der Waals surface area contributed by atoms with Gasteiger partial charge < -0.3 is 0 Å². The first kappa shape index (κ1) is 8.42. The summed E-state index contributed by atoms with van der Waals surface area (Å²) in [5.74, 6) is 0.342. The molecule has 0 spiro atoms. The van der Waals surface area contributed by atoms with Gasteiger partial charge in [0.05, 0.1) is 0 Å².